The van der Waals surface area contributed by atoms with Crippen LogP contribution < -0.4 is 0 Å². The molecule has 0 amide bonds. The highest BCUT2D eigenvalue weighted by Gasteiger charge is 2.39. The number of allylic oxidation sites excluding steroid dienone is 2. The summed E-state index contributed by atoms with van der Waals surface area (Å²) >= 11 is 0. The highest BCUT2D eigenvalue weighted by Crippen LogP contribution is 2.38. The van der Waals surface area contributed by atoms with Crippen LogP contribution in [0.4, 0.5) is 0 Å². The molecule has 124 valence electrons. The molecule has 1 spiro atoms. The lowest BCUT2D eigenvalue weighted by Gasteiger charge is -2.33. The predicted molar refractivity (Wildman–Crippen MR) is 93.3 cm³/mol. The van der Waals surface area contributed by atoms with E-state index in [-0.39, 0.29) is 5.79 Å². The second-order valence-electron chi connectivity index (χ2n) is 7.43. The van der Waals surface area contributed by atoms with E-state index in [1.807, 2.05) is 0 Å². The van der Waals surface area contributed by atoms with Crippen LogP contribution in [-0.4, -0.2) is 19.0 Å². The van der Waals surface area contributed by atoms with Gasteiger partial charge in [-0.1, -0.05) is 44.0 Å². The number of rotatable bonds is 3. The van der Waals surface area contributed by atoms with Crippen molar-refractivity contribution < 1.29 is 9.47 Å². The van der Waals surface area contributed by atoms with Crippen molar-refractivity contribution in [3.63, 3.8) is 0 Å². The number of ether oxygens (including phenoxy) is 2. The molecule has 1 heterocycles. The molecule has 1 saturated heterocycles. The Morgan fingerprint density at radius 3 is 2.74 bits per heavy atom. The summed E-state index contributed by atoms with van der Waals surface area (Å²) in [6, 6.07) is 7.07. The fraction of sp³-hybridized carbons (Fsp3) is 0.619. The lowest BCUT2D eigenvalue weighted by atomic mass is 9.81. The molecule has 2 aliphatic carbocycles. The highest BCUT2D eigenvalue weighted by atomic mass is 16.7. The quantitative estimate of drug-likeness (QED) is 0.790. The zero-order valence-corrected chi connectivity index (χ0v) is 14.3. The molecular weight excluding hydrogens is 284 g/mol. The molecule has 2 nitrogen and oxygen atoms in total. The summed E-state index contributed by atoms with van der Waals surface area (Å²) in [5.41, 5.74) is 5.93. The van der Waals surface area contributed by atoms with Gasteiger partial charge in [0.25, 0.3) is 0 Å². The van der Waals surface area contributed by atoms with Gasteiger partial charge in [-0.25, -0.2) is 0 Å². The zero-order chi connectivity index (χ0) is 15.7. The van der Waals surface area contributed by atoms with E-state index in [1.165, 1.54) is 48.8 Å². The van der Waals surface area contributed by atoms with Crippen molar-refractivity contribution in [1.82, 2.24) is 0 Å². The van der Waals surface area contributed by atoms with Crippen LogP contribution in [0.3, 0.4) is 0 Å². The third kappa shape index (κ3) is 3.12. The van der Waals surface area contributed by atoms with Crippen LogP contribution in [0.1, 0.15) is 62.1 Å². The van der Waals surface area contributed by atoms with Crippen LogP contribution >= 0.6 is 0 Å². The van der Waals surface area contributed by atoms with Gasteiger partial charge in [0, 0.05) is 12.8 Å². The molecule has 4 rings (SSSR count). The second kappa shape index (κ2) is 6.41. The van der Waals surface area contributed by atoms with E-state index in [2.05, 4.69) is 31.2 Å². The largest absolute Gasteiger partial charge is 0.347 e. The fourth-order valence-electron chi connectivity index (χ4n) is 4.50. The number of hydrogen-bond donors (Lipinski definition) is 0. The minimum atomic E-state index is -0.313. The van der Waals surface area contributed by atoms with Gasteiger partial charge in [-0.2, -0.15) is 0 Å². The van der Waals surface area contributed by atoms with Gasteiger partial charge in [0.2, 0.25) is 0 Å². The summed E-state index contributed by atoms with van der Waals surface area (Å²) in [4.78, 5) is 0. The summed E-state index contributed by atoms with van der Waals surface area (Å²) in [6.45, 7) is 3.80. The standard InChI is InChI=1S/C21H28O2/c1-2-3-16-4-6-17(7-5-16)18-8-9-20-15-21(22-12-13-23-21)11-10-19(20)14-18/h6,8-9,14,16H,2-5,7,10-13,15H2,1H3. The zero-order valence-electron chi connectivity index (χ0n) is 14.3. The van der Waals surface area contributed by atoms with E-state index in [4.69, 9.17) is 9.47 Å². The summed E-state index contributed by atoms with van der Waals surface area (Å²) in [7, 11) is 0. The van der Waals surface area contributed by atoms with Crippen molar-refractivity contribution in [3.8, 4) is 0 Å². The van der Waals surface area contributed by atoms with Crippen LogP contribution in [0.5, 0.6) is 0 Å². The molecule has 1 aromatic carbocycles. The van der Waals surface area contributed by atoms with Gasteiger partial charge in [0.15, 0.2) is 5.79 Å². The molecule has 3 aliphatic rings. The van der Waals surface area contributed by atoms with E-state index >= 15 is 0 Å². The Kier molecular flexibility index (Phi) is 4.29. The van der Waals surface area contributed by atoms with Crippen molar-refractivity contribution in [3.05, 3.63) is 41.0 Å². The summed E-state index contributed by atoms with van der Waals surface area (Å²) in [6.07, 6.45) is 12.1. The second-order valence-corrected chi connectivity index (χ2v) is 7.43. The maximum Gasteiger partial charge on any atom is 0.172 e. The first kappa shape index (κ1) is 15.4. The van der Waals surface area contributed by atoms with E-state index in [0.717, 1.165) is 38.4 Å². The lowest BCUT2D eigenvalue weighted by Crippen LogP contribution is -2.36. The monoisotopic (exact) mass is 312 g/mol. The van der Waals surface area contributed by atoms with Crippen molar-refractivity contribution in [2.24, 2.45) is 5.92 Å². The van der Waals surface area contributed by atoms with E-state index in [9.17, 15) is 0 Å². The van der Waals surface area contributed by atoms with E-state index < -0.39 is 0 Å². The van der Waals surface area contributed by atoms with Gasteiger partial charge in [-0.05, 0) is 53.9 Å². The third-order valence-electron chi connectivity index (χ3n) is 5.84. The minimum absolute atomic E-state index is 0.313. The van der Waals surface area contributed by atoms with Crippen molar-refractivity contribution in [2.75, 3.05) is 13.2 Å². The van der Waals surface area contributed by atoms with Crippen LogP contribution in [0.2, 0.25) is 0 Å². The SMILES string of the molecule is CCCC1CC=C(c2ccc3c(c2)CCC2(C3)OCCO2)CC1. The van der Waals surface area contributed by atoms with Gasteiger partial charge in [0.05, 0.1) is 13.2 Å². The smallest absolute Gasteiger partial charge is 0.172 e. The molecule has 0 bridgehead atoms. The predicted octanol–water partition coefficient (Wildman–Crippen LogP) is 4.90. The Balaban J connectivity index is 1.50. The molecule has 23 heavy (non-hydrogen) atoms. The Hall–Kier alpha value is -1.12. The molecule has 0 saturated carbocycles. The Morgan fingerprint density at radius 2 is 2.00 bits per heavy atom. The average molecular weight is 312 g/mol. The van der Waals surface area contributed by atoms with Crippen LogP contribution in [0.15, 0.2) is 24.3 Å². The van der Waals surface area contributed by atoms with Crippen LogP contribution in [0.25, 0.3) is 5.57 Å². The summed E-state index contributed by atoms with van der Waals surface area (Å²) in [5.74, 6) is 0.601. The first-order valence-corrected chi connectivity index (χ1v) is 9.37. The molecule has 1 aromatic rings. The van der Waals surface area contributed by atoms with Crippen molar-refractivity contribution >= 4 is 5.57 Å². The van der Waals surface area contributed by atoms with Crippen molar-refractivity contribution in [2.45, 2.75) is 64.1 Å². The van der Waals surface area contributed by atoms with Crippen molar-refractivity contribution in [1.29, 1.82) is 0 Å². The Labute approximate surface area is 139 Å². The van der Waals surface area contributed by atoms with Gasteiger partial charge in [0.1, 0.15) is 0 Å². The summed E-state index contributed by atoms with van der Waals surface area (Å²) in [5, 5.41) is 0. The fourth-order valence-corrected chi connectivity index (χ4v) is 4.50. The molecule has 0 N–H and O–H groups in total. The maximum absolute atomic E-state index is 5.89. The van der Waals surface area contributed by atoms with Crippen LogP contribution in [-0.2, 0) is 22.3 Å². The summed E-state index contributed by atoms with van der Waals surface area (Å²) < 4.78 is 11.8. The van der Waals surface area contributed by atoms with E-state index in [1.54, 1.807) is 5.57 Å². The molecular formula is C21H28O2. The van der Waals surface area contributed by atoms with Gasteiger partial charge >= 0.3 is 0 Å². The van der Waals surface area contributed by atoms with Gasteiger partial charge in [-0.3, -0.25) is 0 Å². The van der Waals surface area contributed by atoms with Gasteiger partial charge in [-0.15, -0.1) is 0 Å². The molecule has 1 atom stereocenters. The van der Waals surface area contributed by atoms with Gasteiger partial charge < -0.3 is 9.47 Å². The molecule has 0 radical (unpaired) electrons. The normalized spacial score (nSPS) is 26.1. The first-order chi connectivity index (χ1) is 11.3. The average Bonchev–Trinajstić information content (AvgIpc) is 3.03. The number of hydrogen-bond acceptors (Lipinski definition) is 2. The molecule has 2 heteroatoms. The topological polar surface area (TPSA) is 18.5 Å². The third-order valence-corrected chi connectivity index (χ3v) is 5.84. The Morgan fingerprint density at radius 1 is 1.13 bits per heavy atom. The first-order valence-electron chi connectivity index (χ1n) is 9.37. The number of aryl methyl sites for hydroxylation is 1. The van der Waals surface area contributed by atoms with E-state index in [0.29, 0.717) is 0 Å². The molecule has 0 aromatic heterocycles. The molecule has 1 fully saturated rings. The highest BCUT2D eigenvalue weighted by molar-refractivity contribution is 5.67. The Bertz CT molecular complexity index is 596. The number of benzene rings is 1. The van der Waals surface area contributed by atoms with Crippen LogP contribution in [0, 0.1) is 5.92 Å². The maximum atomic E-state index is 5.89. The lowest BCUT2D eigenvalue weighted by molar-refractivity contribution is -0.163. The molecule has 1 aliphatic heterocycles. The minimum Gasteiger partial charge on any atom is -0.347 e. The molecule has 1 unspecified atom stereocenters. The number of fused-ring (bicyclic) bond motifs is 1.